The predicted molar refractivity (Wildman–Crippen MR) is 112 cm³/mol. The van der Waals surface area contributed by atoms with Crippen LogP contribution in [0.25, 0.3) is 0 Å². The second-order valence-corrected chi connectivity index (χ2v) is 10.6. The SMILES string of the molecule is Cc1ccc(S(=O)(=O)NCCC(=O)NCCCS(=O)(=O)c2ccccc2)cc1C. The van der Waals surface area contributed by atoms with Crippen LogP contribution in [0.5, 0.6) is 0 Å². The van der Waals surface area contributed by atoms with Gasteiger partial charge in [-0.2, -0.15) is 0 Å². The van der Waals surface area contributed by atoms with E-state index in [0.29, 0.717) is 0 Å². The number of carbonyl (C=O) groups is 1. The van der Waals surface area contributed by atoms with Crippen molar-refractivity contribution in [3.63, 3.8) is 0 Å². The summed E-state index contributed by atoms with van der Waals surface area (Å²) >= 11 is 0. The molecule has 2 N–H and O–H groups in total. The van der Waals surface area contributed by atoms with E-state index in [-0.39, 0.29) is 47.4 Å². The summed E-state index contributed by atoms with van der Waals surface area (Å²) in [5, 5.41) is 2.61. The zero-order valence-electron chi connectivity index (χ0n) is 16.5. The molecule has 2 aromatic rings. The van der Waals surface area contributed by atoms with E-state index >= 15 is 0 Å². The number of carbonyl (C=O) groups excluding carboxylic acids is 1. The highest BCUT2D eigenvalue weighted by molar-refractivity contribution is 7.91. The Hall–Kier alpha value is -2.23. The fourth-order valence-electron chi connectivity index (χ4n) is 2.59. The van der Waals surface area contributed by atoms with Crippen LogP contribution in [0.1, 0.15) is 24.0 Å². The van der Waals surface area contributed by atoms with Crippen molar-refractivity contribution in [2.75, 3.05) is 18.8 Å². The molecule has 0 unspecified atom stereocenters. The summed E-state index contributed by atoms with van der Waals surface area (Å²) < 4.78 is 51.2. The lowest BCUT2D eigenvalue weighted by Crippen LogP contribution is -2.31. The monoisotopic (exact) mass is 438 g/mol. The quantitative estimate of drug-likeness (QED) is 0.551. The Morgan fingerprint density at radius 3 is 2.21 bits per heavy atom. The van der Waals surface area contributed by atoms with E-state index in [1.165, 1.54) is 18.2 Å². The molecule has 0 aliphatic carbocycles. The Bertz CT molecular complexity index is 1050. The van der Waals surface area contributed by atoms with Crippen molar-refractivity contribution in [3.05, 3.63) is 59.7 Å². The van der Waals surface area contributed by atoms with Crippen molar-refractivity contribution in [1.29, 1.82) is 0 Å². The number of sulfonamides is 1. The molecule has 0 heterocycles. The molecule has 0 aliphatic rings. The van der Waals surface area contributed by atoms with Crippen molar-refractivity contribution in [2.45, 2.75) is 36.5 Å². The third kappa shape index (κ3) is 6.95. The van der Waals surface area contributed by atoms with Crippen LogP contribution in [0.3, 0.4) is 0 Å². The van der Waals surface area contributed by atoms with Crippen molar-refractivity contribution < 1.29 is 21.6 Å². The first-order valence-corrected chi connectivity index (χ1v) is 12.4. The molecule has 0 spiro atoms. The fraction of sp³-hybridized carbons (Fsp3) is 0.350. The lowest BCUT2D eigenvalue weighted by atomic mass is 10.1. The maximum Gasteiger partial charge on any atom is 0.240 e. The van der Waals surface area contributed by atoms with Gasteiger partial charge in [-0.3, -0.25) is 4.79 Å². The minimum absolute atomic E-state index is 0.0322. The molecule has 0 aromatic heterocycles. The molecule has 0 saturated heterocycles. The zero-order valence-corrected chi connectivity index (χ0v) is 18.1. The molecule has 158 valence electrons. The Labute approximate surface area is 172 Å². The second kappa shape index (κ2) is 10.00. The summed E-state index contributed by atoms with van der Waals surface area (Å²) in [7, 11) is -7.05. The second-order valence-electron chi connectivity index (χ2n) is 6.73. The van der Waals surface area contributed by atoms with Gasteiger partial charge in [0.25, 0.3) is 0 Å². The van der Waals surface area contributed by atoms with Crippen LogP contribution in [-0.4, -0.2) is 41.6 Å². The smallest absolute Gasteiger partial charge is 0.240 e. The minimum atomic E-state index is -3.68. The first-order chi connectivity index (χ1) is 13.6. The number of nitrogens with one attached hydrogen (secondary N) is 2. The van der Waals surface area contributed by atoms with Crippen LogP contribution >= 0.6 is 0 Å². The van der Waals surface area contributed by atoms with Crippen molar-refractivity contribution in [1.82, 2.24) is 10.0 Å². The van der Waals surface area contributed by atoms with E-state index in [2.05, 4.69) is 10.0 Å². The first kappa shape index (κ1) is 23.1. The van der Waals surface area contributed by atoms with Crippen molar-refractivity contribution in [2.24, 2.45) is 0 Å². The molecule has 29 heavy (non-hydrogen) atoms. The molecule has 0 atom stereocenters. The summed E-state index contributed by atoms with van der Waals surface area (Å²) in [4.78, 5) is 12.3. The highest BCUT2D eigenvalue weighted by Crippen LogP contribution is 2.14. The largest absolute Gasteiger partial charge is 0.356 e. The lowest BCUT2D eigenvalue weighted by molar-refractivity contribution is -0.120. The van der Waals surface area contributed by atoms with Gasteiger partial charge in [0.1, 0.15) is 0 Å². The number of rotatable bonds is 10. The summed E-state index contributed by atoms with van der Waals surface area (Å²) in [6.45, 7) is 3.90. The van der Waals surface area contributed by atoms with Gasteiger partial charge in [-0.25, -0.2) is 21.6 Å². The maximum atomic E-state index is 12.3. The Morgan fingerprint density at radius 1 is 0.862 bits per heavy atom. The molecule has 0 aliphatic heterocycles. The molecule has 1 amide bonds. The normalized spacial score (nSPS) is 11.9. The zero-order chi connectivity index (χ0) is 21.5. The number of sulfone groups is 1. The third-order valence-electron chi connectivity index (χ3n) is 4.45. The Kier molecular flexibility index (Phi) is 7.95. The Balaban J connectivity index is 1.72. The molecule has 0 radical (unpaired) electrons. The molecule has 7 nitrogen and oxygen atoms in total. The maximum absolute atomic E-state index is 12.3. The van der Waals surface area contributed by atoms with Gasteiger partial charge in [-0.1, -0.05) is 24.3 Å². The number of hydrogen-bond acceptors (Lipinski definition) is 5. The van der Waals surface area contributed by atoms with Crippen LogP contribution in [-0.2, 0) is 24.7 Å². The summed E-state index contributed by atoms with van der Waals surface area (Å²) in [6, 6.07) is 13.0. The predicted octanol–water partition coefficient (Wildman–Crippen LogP) is 1.95. The average Bonchev–Trinajstić information content (AvgIpc) is 2.68. The number of benzene rings is 2. The average molecular weight is 439 g/mol. The summed E-state index contributed by atoms with van der Waals surface area (Å²) in [5.41, 5.74) is 1.87. The van der Waals surface area contributed by atoms with Gasteiger partial charge in [-0.05, 0) is 55.7 Å². The third-order valence-corrected chi connectivity index (χ3v) is 7.72. The van der Waals surface area contributed by atoms with E-state index in [1.807, 2.05) is 13.8 Å². The molecule has 2 aromatic carbocycles. The molecule has 0 fully saturated rings. The number of hydrogen-bond donors (Lipinski definition) is 2. The van der Waals surface area contributed by atoms with Gasteiger partial charge >= 0.3 is 0 Å². The van der Waals surface area contributed by atoms with Crippen LogP contribution in [0.15, 0.2) is 58.3 Å². The van der Waals surface area contributed by atoms with E-state index < -0.39 is 19.9 Å². The molecule has 0 saturated carbocycles. The number of aryl methyl sites for hydroxylation is 2. The molecule has 9 heteroatoms. The molecular weight excluding hydrogens is 412 g/mol. The lowest BCUT2D eigenvalue weighted by Gasteiger charge is -2.09. The van der Waals surface area contributed by atoms with Crippen LogP contribution in [0, 0.1) is 13.8 Å². The van der Waals surface area contributed by atoms with Crippen molar-refractivity contribution >= 4 is 25.8 Å². The highest BCUT2D eigenvalue weighted by Gasteiger charge is 2.16. The van der Waals surface area contributed by atoms with Crippen molar-refractivity contribution in [3.8, 4) is 0 Å². The van der Waals surface area contributed by atoms with E-state index in [9.17, 15) is 21.6 Å². The van der Waals surface area contributed by atoms with Gasteiger partial charge in [0, 0.05) is 19.5 Å². The van der Waals surface area contributed by atoms with Gasteiger partial charge in [0.15, 0.2) is 9.84 Å². The van der Waals surface area contributed by atoms with Gasteiger partial charge < -0.3 is 5.32 Å². The van der Waals surface area contributed by atoms with Gasteiger partial charge in [0.2, 0.25) is 15.9 Å². The van der Waals surface area contributed by atoms with Crippen LogP contribution in [0.2, 0.25) is 0 Å². The van der Waals surface area contributed by atoms with Gasteiger partial charge in [0.05, 0.1) is 15.5 Å². The summed E-state index contributed by atoms with van der Waals surface area (Å²) in [6.07, 6.45) is 0.243. The Morgan fingerprint density at radius 2 is 1.55 bits per heavy atom. The van der Waals surface area contributed by atoms with E-state index in [0.717, 1.165) is 11.1 Å². The van der Waals surface area contributed by atoms with Gasteiger partial charge in [-0.15, -0.1) is 0 Å². The van der Waals surface area contributed by atoms with Crippen LogP contribution in [0.4, 0.5) is 0 Å². The number of amides is 1. The molecule has 2 rings (SSSR count). The molecular formula is C20H26N2O5S2. The summed E-state index contributed by atoms with van der Waals surface area (Å²) in [5.74, 6) is -0.415. The van der Waals surface area contributed by atoms with E-state index in [1.54, 1.807) is 30.3 Å². The van der Waals surface area contributed by atoms with Crippen LogP contribution < -0.4 is 10.0 Å². The molecule has 0 bridgehead atoms. The van der Waals surface area contributed by atoms with E-state index in [4.69, 9.17) is 0 Å². The first-order valence-electron chi connectivity index (χ1n) is 9.23. The highest BCUT2D eigenvalue weighted by atomic mass is 32.2. The standard InChI is InChI=1S/C20H26N2O5S2/c1-16-9-10-19(15-17(16)2)29(26,27)22-13-11-20(23)21-12-6-14-28(24,25)18-7-4-3-5-8-18/h3-5,7-10,15,22H,6,11-14H2,1-2H3,(H,21,23). The minimum Gasteiger partial charge on any atom is -0.356 e. The topological polar surface area (TPSA) is 109 Å². The fourth-order valence-corrected chi connectivity index (χ4v) is 5.04.